The molecule has 0 saturated carbocycles. The van der Waals surface area contributed by atoms with Gasteiger partial charge in [0, 0.05) is 10.9 Å². The number of hydrogen-bond donors (Lipinski definition) is 1. The van der Waals surface area contributed by atoms with E-state index < -0.39 is 0 Å². The van der Waals surface area contributed by atoms with Gasteiger partial charge in [-0.05, 0) is 13.0 Å². The Labute approximate surface area is 118 Å². The number of hydrogen-bond acceptors (Lipinski definition) is 5. The van der Waals surface area contributed by atoms with Crippen molar-refractivity contribution in [3.63, 3.8) is 0 Å². The maximum atomic E-state index is 12.5. The summed E-state index contributed by atoms with van der Waals surface area (Å²) in [5.41, 5.74) is 1.89. The SMILES string of the molecule is Cc1noc(Cn2cnc3c([nH]c4ccccc43)c2=O)n1. The van der Waals surface area contributed by atoms with Crippen LogP contribution < -0.4 is 5.56 Å². The number of benzene rings is 1. The van der Waals surface area contributed by atoms with E-state index in [1.54, 1.807) is 6.92 Å². The normalized spacial score (nSPS) is 11.5. The average Bonchev–Trinajstić information content (AvgIpc) is 3.06. The van der Waals surface area contributed by atoms with Crippen LogP contribution in [0, 0.1) is 6.92 Å². The first-order chi connectivity index (χ1) is 10.2. The van der Waals surface area contributed by atoms with Gasteiger partial charge in [0.05, 0.1) is 6.33 Å². The zero-order valence-corrected chi connectivity index (χ0v) is 11.2. The fraction of sp³-hybridized carbons (Fsp3) is 0.143. The van der Waals surface area contributed by atoms with Crippen molar-refractivity contribution in [1.82, 2.24) is 24.7 Å². The lowest BCUT2D eigenvalue weighted by molar-refractivity contribution is 0.366. The summed E-state index contributed by atoms with van der Waals surface area (Å²) < 4.78 is 6.48. The van der Waals surface area contributed by atoms with Crippen LogP contribution >= 0.6 is 0 Å². The summed E-state index contributed by atoms with van der Waals surface area (Å²) in [6.45, 7) is 1.94. The second kappa shape index (κ2) is 4.27. The van der Waals surface area contributed by atoms with Crippen molar-refractivity contribution in [2.45, 2.75) is 13.5 Å². The van der Waals surface area contributed by atoms with Crippen LogP contribution in [0.5, 0.6) is 0 Å². The van der Waals surface area contributed by atoms with Gasteiger partial charge in [-0.3, -0.25) is 9.36 Å². The first kappa shape index (κ1) is 11.8. The lowest BCUT2D eigenvalue weighted by Gasteiger charge is -2.00. The largest absolute Gasteiger partial charge is 0.349 e. The van der Waals surface area contributed by atoms with Crippen LogP contribution in [0.3, 0.4) is 0 Å². The molecule has 0 saturated heterocycles. The Morgan fingerprint density at radius 1 is 1.33 bits per heavy atom. The topological polar surface area (TPSA) is 89.6 Å². The van der Waals surface area contributed by atoms with E-state index in [4.69, 9.17) is 4.52 Å². The lowest BCUT2D eigenvalue weighted by Crippen LogP contribution is -2.21. The molecule has 7 nitrogen and oxygen atoms in total. The predicted octanol–water partition coefficient (Wildman–Crippen LogP) is 1.62. The van der Waals surface area contributed by atoms with Gasteiger partial charge in [-0.1, -0.05) is 23.4 Å². The summed E-state index contributed by atoms with van der Waals surface area (Å²) in [6.07, 6.45) is 1.50. The van der Waals surface area contributed by atoms with E-state index in [1.807, 2.05) is 24.3 Å². The molecule has 4 aromatic rings. The third-order valence-corrected chi connectivity index (χ3v) is 3.35. The van der Waals surface area contributed by atoms with Gasteiger partial charge in [-0.15, -0.1) is 0 Å². The van der Waals surface area contributed by atoms with Crippen LogP contribution in [0.15, 0.2) is 39.9 Å². The number of H-pyrrole nitrogens is 1. The summed E-state index contributed by atoms with van der Waals surface area (Å²) in [7, 11) is 0. The van der Waals surface area contributed by atoms with Crippen molar-refractivity contribution in [3.05, 3.63) is 52.7 Å². The van der Waals surface area contributed by atoms with Crippen LogP contribution in [0.25, 0.3) is 21.9 Å². The van der Waals surface area contributed by atoms with E-state index in [1.165, 1.54) is 10.9 Å². The Kier molecular flexibility index (Phi) is 2.41. The molecule has 0 fully saturated rings. The van der Waals surface area contributed by atoms with E-state index in [0.29, 0.717) is 22.7 Å². The Balaban J connectivity index is 1.90. The zero-order valence-electron chi connectivity index (χ0n) is 11.2. The van der Waals surface area contributed by atoms with E-state index in [9.17, 15) is 4.79 Å². The molecule has 4 rings (SSSR count). The van der Waals surface area contributed by atoms with Crippen molar-refractivity contribution in [3.8, 4) is 0 Å². The lowest BCUT2D eigenvalue weighted by atomic mass is 10.2. The molecular formula is C14H11N5O2. The number of nitrogens with one attached hydrogen (secondary N) is 1. The molecule has 104 valence electrons. The second-order valence-corrected chi connectivity index (χ2v) is 4.81. The van der Waals surface area contributed by atoms with Crippen LogP contribution in [-0.2, 0) is 6.54 Å². The van der Waals surface area contributed by atoms with E-state index in [-0.39, 0.29) is 12.1 Å². The number of fused-ring (bicyclic) bond motifs is 3. The maximum absolute atomic E-state index is 12.5. The first-order valence-corrected chi connectivity index (χ1v) is 6.47. The average molecular weight is 281 g/mol. The summed E-state index contributed by atoms with van der Waals surface area (Å²) >= 11 is 0. The van der Waals surface area contributed by atoms with E-state index in [0.717, 1.165) is 10.9 Å². The molecule has 0 aliphatic carbocycles. The van der Waals surface area contributed by atoms with Gasteiger partial charge >= 0.3 is 0 Å². The monoisotopic (exact) mass is 281 g/mol. The molecule has 0 atom stereocenters. The molecule has 0 spiro atoms. The van der Waals surface area contributed by atoms with E-state index >= 15 is 0 Å². The summed E-state index contributed by atoms with van der Waals surface area (Å²) in [6, 6.07) is 7.69. The summed E-state index contributed by atoms with van der Waals surface area (Å²) in [5, 5.41) is 4.65. The Morgan fingerprint density at radius 2 is 2.19 bits per heavy atom. The maximum Gasteiger partial charge on any atom is 0.278 e. The summed E-state index contributed by atoms with van der Waals surface area (Å²) in [4.78, 5) is 24.1. The number of rotatable bonds is 2. The molecule has 0 radical (unpaired) electrons. The minimum atomic E-state index is -0.160. The van der Waals surface area contributed by atoms with Crippen LogP contribution in [0.1, 0.15) is 11.7 Å². The van der Waals surface area contributed by atoms with Gasteiger partial charge < -0.3 is 9.51 Å². The highest BCUT2D eigenvalue weighted by atomic mass is 16.5. The second-order valence-electron chi connectivity index (χ2n) is 4.81. The highest BCUT2D eigenvalue weighted by molar-refractivity contribution is 6.04. The molecule has 1 N–H and O–H groups in total. The molecule has 21 heavy (non-hydrogen) atoms. The molecule has 0 bridgehead atoms. The summed E-state index contributed by atoms with van der Waals surface area (Å²) in [5.74, 6) is 0.921. The molecule has 7 heteroatoms. The quantitative estimate of drug-likeness (QED) is 0.603. The first-order valence-electron chi connectivity index (χ1n) is 6.47. The molecular weight excluding hydrogens is 270 g/mol. The number of aromatic nitrogens is 5. The van der Waals surface area contributed by atoms with Crippen molar-refractivity contribution >= 4 is 21.9 Å². The number of para-hydroxylation sites is 1. The zero-order chi connectivity index (χ0) is 14.4. The van der Waals surface area contributed by atoms with Gasteiger partial charge in [0.1, 0.15) is 17.6 Å². The van der Waals surface area contributed by atoms with Crippen molar-refractivity contribution < 1.29 is 4.52 Å². The molecule has 1 aromatic carbocycles. The molecule has 0 amide bonds. The fourth-order valence-electron chi connectivity index (χ4n) is 2.40. The van der Waals surface area contributed by atoms with Crippen LogP contribution in [-0.4, -0.2) is 24.7 Å². The van der Waals surface area contributed by atoms with Crippen molar-refractivity contribution in [2.75, 3.05) is 0 Å². The minimum absolute atomic E-state index is 0.160. The Morgan fingerprint density at radius 3 is 3.00 bits per heavy atom. The third kappa shape index (κ3) is 1.82. The van der Waals surface area contributed by atoms with Crippen LogP contribution in [0.2, 0.25) is 0 Å². The molecule has 3 aromatic heterocycles. The molecule has 0 unspecified atom stereocenters. The van der Waals surface area contributed by atoms with Gasteiger partial charge in [-0.25, -0.2) is 4.98 Å². The third-order valence-electron chi connectivity index (χ3n) is 3.35. The molecule has 0 aliphatic rings. The predicted molar refractivity (Wildman–Crippen MR) is 76.0 cm³/mol. The molecule has 0 aliphatic heterocycles. The number of nitrogens with zero attached hydrogens (tertiary/aromatic N) is 4. The van der Waals surface area contributed by atoms with Gasteiger partial charge in [0.25, 0.3) is 5.56 Å². The number of aryl methyl sites for hydroxylation is 1. The van der Waals surface area contributed by atoms with Gasteiger partial charge in [0.2, 0.25) is 5.89 Å². The van der Waals surface area contributed by atoms with Crippen molar-refractivity contribution in [1.29, 1.82) is 0 Å². The fourth-order valence-corrected chi connectivity index (χ4v) is 2.40. The van der Waals surface area contributed by atoms with Gasteiger partial charge in [-0.2, -0.15) is 4.98 Å². The van der Waals surface area contributed by atoms with Crippen molar-refractivity contribution in [2.24, 2.45) is 0 Å². The highest BCUT2D eigenvalue weighted by Gasteiger charge is 2.12. The molecule has 3 heterocycles. The Hall–Kier alpha value is -2.96. The minimum Gasteiger partial charge on any atom is -0.349 e. The highest BCUT2D eigenvalue weighted by Crippen LogP contribution is 2.20. The van der Waals surface area contributed by atoms with Crippen LogP contribution in [0.4, 0.5) is 0 Å². The standard InChI is InChI=1S/C14H11N5O2/c1-8-16-11(21-18-8)6-19-7-15-12-9-4-2-3-5-10(9)17-13(12)14(19)20/h2-5,7,17H,6H2,1H3. The number of aromatic amines is 1. The smallest absolute Gasteiger partial charge is 0.278 e. The Bertz CT molecular complexity index is 1010. The van der Waals surface area contributed by atoms with Gasteiger partial charge in [0.15, 0.2) is 5.82 Å². The van der Waals surface area contributed by atoms with E-state index in [2.05, 4.69) is 20.1 Å².